The van der Waals surface area contributed by atoms with E-state index in [2.05, 4.69) is 24.5 Å². The van der Waals surface area contributed by atoms with Gasteiger partial charge in [-0.15, -0.1) is 0 Å². The van der Waals surface area contributed by atoms with E-state index < -0.39 is 0 Å². The molecule has 2 aromatic rings. The van der Waals surface area contributed by atoms with Gasteiger partial charge in [0, 0.05) is 12.1 Å². The monoisotopic (exact) mass is 371 g/mol. The van der Waals surface area contributed by atoms with Crippen molar-refractivity contribution >= 4 is 11.6 Å². The second-order valence-corrected chi connectivity index (χ2v) is 7.01. The number of hydrogen-bond acceptors (Lipinski definition) is 3. The highest BCUT2D eigenvalue weighted by Gasteiger charge is 2.10. The number of amides is 1. The van der Waals surface area contributed by atoms with Crippen LogP contribution in [0.2, 0.25) is 0 Å². The molecule has 0 heterocycles. The van der Waals surface area contributed by atoms with Crippen LogP contribution in [0, 0.1) is 13.8 Å². The molecule has 0 aliphatic heterocycles. The van der Waals surface area contributed by atoms with Crippen molar-refractivity contribution in [3.8, 4) is 11.5 Å². The number of anilines is 1. The lowest BCUT2D eigenvalue weighted by molar-refractivity contribution is -0.878. The van der Waals surface area contributed by atoms with E-state index in [4.69, 9.17) is 9.47 Å². The standard InChI is InChI=1S/C22H30N2O3/c1-16-6-7-17(2)19(14-16)23-22(25)11-13-24(3)12-10-18-8-9-20(26-4)21(15-18)27-5/h6-9,14-15H,10-13H2,1-5H3,(H,23,25)/p+1. The Labute approximate surface area is 162 Å². The molecule has 1 unspecified atom stereocenters. The lowest BCUT2D eigenvalue weighted by atomic mass is 10.1. The number of carbonyl (C=O) groups is 1. The Kier molecular flexibility index (Phi) is 7.67. The zero-order valence-electron chi connectivity index (χ0n) is 17.0. The number of hydrogen-bond donors (Lipinski definition) is 2. The summed E-state index contributed by atoms with van der Waals surface area (Å²) in [5, 5.41) is 3.03. The molecule has 0 bridgehead atoms. The molecule has 2 N–H and O–H groups in total. The zero-order chi connectivity index (χ0) is 19.8. The first-order chi connectivity index (χ1) is 12.9. The third-order valence-corrected chi connectivity index (χ3v) is 4.73. The Bertz CT molecular complexity index is 774. The zero-order valence-corrected chi connectivity index (χ0v) is 17.0. The Morgan fingerprint density at radius 1 is 1.00 bits per heavy atom. The van der Waals surface area contributed by atoms with Crippen molar-refractivity contribution in [3.63, 3.8) is 0 Å². The third-order valence-electron chi connectivity index (χ3n) is 4.73. The van der Waals surface area contributed by atoms with E-state index in [9.17, 15) is 4.79 Å². The molecule has 27 heavy (non-hydrogen) atoms. The predicted octanol–water partition coefficient (Wildman–Crippen LogP) is 2.41. The summed E-state index contributed by atoms with van der Waals surface area (Å²) < 4.78 is 10.6. The summed E-state index contributed by atoms with van der Waals surface area (Å²) in [7, 11) is 5.40. The molecular weight excluding hydrogens is 340 g/mol. The number of likely N-dealkylation sites (N-methyl/N-ethyl adjacent to an activating group) is 1. The molecule has 146 valence electrons. The molecule has 2 aromatic carbocycles. The Balaban J connectivity index is 1.79. The van der Waals surface area contributed by atoms with E-state index >= 15 is 0 Å². The van der Waals surface area contributed by atoms with E-state index in [1.165, 1.54) is 10.5 Å². The number of aryl methyl sites for hydroxylation is 2. The van der Waals surface area contributed by atoms with Crippen LogP contribution in [0.15, 0.2) is 36.4 Å². The largest absolute Gasteiger partial charge is 0.493 e. The summed E-state index contributed by atoms with van der Waals surface area (Å²) in [4.78, 5) is 13.6. The van der Waals surface area contributed by atoms with Crippen molar-refractivity contribution in [1.82, 2.24) is 0 Å². The molecule has 1 atom stereocenters. The Morgan fingerprint density at radius 2 is 1.74 bits per heavy atom. The van der Waals surface area contributed by atoms with Crippen LogP contribution in [0.5, 0.6) is 11.5 Å². The van der Waals surface area contributed by atoms with Crippen LogP contribution >= 0.6 is 0 Å². The minimum absolute atomic E-state index is 0.0640. The van der Waals surface area contributed by atoms with Crippen molar-refractivity contribution in [2.45, 2.75) is 26.7 Å². The van der Waals surface area contributed by atoms with Crippen LogP contribution in [-0.4, -0.2) is 40.3 Å². The fourth-order valence-electron chi connectivity index (χ4n) is 2.93. The molecule has 0 radical (unpaired) electrons. The summed E-state index contributed by atoms with van der Waals surface area (Å²) in [6.45, 7) is 5.78. The fourth-order valence-corrected chi connectivity index (χ4v) is 2.93. The van der Waals surface area contributed by atoms with Gasteiger partial charge in [-0.25, -0.2) is 0 Å². The number of methoxy groups -OCH3 is 2. The van der Waals surface area contributed by atoms with Gasteiger partial charge in [0.1, 0.15) is 0 Å². The quantitative estimate of drug-likeness (QED) is 0.712. The van der Waals surface area contributed by atoms with Gasteiger partial charge < -0.3 is 19.7 Å². The van der Waals surface area contributed by atoms with Crippen molar-refractivity contribution in [2.75, 3.05) is 39.7 Å². The Hall–Kier alpha value is -2.53. The summed E-state index contributed by atoms with van der Waals surface area (Å²) >= 11 is 0. The second kappa shape index (κ2) is 9.97. The van der Waals surface area contributed by atoms with Gasteiger partial charge in [-0.2, -0.15) is 0 Å². The molecule has 0 aliphatic carbocycles. The smallest absolute Gasteiger partial charge is 0.230 e. The van der Waals surface area contributed by atoms with Gasteiger partial charge in [-0.1, -0.05) is 18.2 Å². The Morgan fingerprint density at radius 3 is 2.44 bits per heavy atom. The fraction of sp³-hybridized carbons (Fsp3) is 0.409. The first kappa shape index (κ1) is 20.8. The van der Waals surface area contributed by atoms with Crippen LogP contribution in [0.1, 0.15) is 23.1 Å². The van der Waals surface area contributed by atoms with Crippen molar-refractivity contribution in [2.24, 2.45) is 0 Å². The molecule has 1 amide bonds. The lowest BCUT2D eigenvalue weighted by Crippen LogP contribution is -3.09. The third kappa shape index (κ3) is 6.29. The van der Waals surface area contributed by atoms with Gasteiger partial charge in [-0.3, -0.25) is 4.79 Å². The normalized spacial score (nSPS) is 11.7. The van der Waals surface area contributed by atoms with Gasteiger partial charge >= 0.3 is 0 Å². The maximum atomic E-state index is 12.3. The van der Waals surface area contributed by atoms with Gasteiger partial charge in [0.2, 0.25) is 5.91 Å². The molecule has 0 aliphatic rings. The van der Waals surface area contributed by atoms with E-state index in [1.54, 1.807) is 14.2 Å². The number of quaternary nitrogens is 1. The topological polar surface area (TPSA) is 52.0 Å². The van der Waals surface area contributed by atoms with Crippen LogP contribution in [0.3, 0.4) is 0 Å². The molecule has 2 rings (SSSR count). The number of rotatable bonds is 9. The van der Waals surface area contributed by atoms with Crippen molar-refractivity contribution < 1.29 is 19.2 Å². The van der Waals surface area contributed by atoms with E-state index in [0.717, 1.165) is 47.8 Å². The number of carbonyl (C=O) groups excluding carboxylic acids is 1. The maximum absolute atomic E-state index is 12.3. The van der Waals surface area contributed by atoms with Gasteiger partial charge in [0.15, 0.2) is 11.5 Å². The summed E-state index contributed by atoms with van der Waals surface area (Å²) in [5.41, 5.74) is 4.34. The summed E-state index contributed by atoms with van der Waals surface area (Å²) in [6, 6.07) is 12.1. The van der Waals surface area contributed by atoms with E-state index in [-0.39, 0.29) is 5.91 Å². The molecule has 0 saturated heterocycles. The number of nitrogens with one attached hydrogen (secondary N) is 2. The molecule has 0 spiro atoms. The predicted molar refractivity (Wildman–Crippen MR) is 109 cm³/mol. The van der Waals surface area contributed by atoms with Crippen LogP contribution in [0.25, 0.3) is 0 Å². The van der Waals surface area contributed by atoms with E-state index in [1.807, 2.05) is 38.1 Å². The molecule has 0 aromatic heterocycles. The highest BCUT2D eigenvalue weighted by molar-refractivity contribution is 5.91. The van der Waals surface area contributed by atoms with Crippen molar-refractivity contribution in [3.05, 3.63) is 53.1 Å². The van der Waals surface area contributed by atoms with Gasteiger partial charge in [0.05, 0.1) is 40.8 Å². The summed E-state index contributed by atoms with van der Waals surface area (Å²) in [6.07, 6.45) is 1.43. The molecular formula is C22H31N2O3+. The maximum Gasteiger partial charge on any atom is 0.230 e. The molecule has 0 fully saturated rings. The van der Waals surface area contributed by atoms with Gasteiger partial charge in [-0.05, 0) is 48.7 Å². The first-order valence-electron chi connectivity index (χ1n) is 9.32. The van der Waals surface area contributed by atoms with Gasteiger partial charge in [0.25, 0.3) is 0 Å². The highest BCUT2D eigenvalue weighted by atomic mass is 16.5. The number of ether oxygens (including phenoxy) is 2. The average Bonchev–Trinajstić information content (AvgIpc) is 2.67. The highest BCUT2D eigenvalue weighted by Crippen LogP contribution is 2.27. The van der Waals surface area contributed by atoms with Crippen molar-refractivity contribution in [1.29, 1.82) is 0 Å². The van der Waals surface area contributed by atoms with Crippen LogP contribution in [0.4, 0.5) is 5.69 Å². The molecule has 5 nitrogen and oxygen atoms in total. The number of benzene rings is 2. The average molecular weight is 372 g/mol. The van der Waals surface area contributed by atoms with Crippen LogP contribution in [-0.2, 0) is 11.2 Å². The summed E-state index contributed by atoms with van der Waals surface area (Å²) in [5.74, 6) is 1.56. The van der Waals surface area contributed by atoms with Crippen LogP contribution < -0.4 is 19.7 Å². The second-order valence-electron chi connectivity index (χ2n) is 7.01. The minimum atomic E-state index is 0.0640. The first-order valence-corrected chi connectivity index (χ1v) is 9.32. The lowest BCUT2D eigenvalue weighted by Gasteiger charge is -2.15. The minimum Gasteiger partial charge on any atom is -0.493 e. The molecule has 5 heteroatoms. The van der Waals surface area contributed by atoms with E-state index in [0.29, 0.717) is 6.42 Å². The molecule has 0 saturated carbocycles. The SMILES string of the molecule is COc1ccc(CC[NH+](C)CCC(=O)Nc2cc(C)ccc2C)cc1OC.